The van der Waals surface area contributed by atoms with Gasteiger partial charge in [-0.3, -0.25) is 14.4 Å². The number of aromatic nitrogens is 2. The molecular weight excluding hydrogens is 388 g/mol. The smallest absolute Gasteiger partial charge is 0.410 e. The first-order valence-electron chi connectivity index (χ1n) is 10.3. The van der Waals surface area contributed by atoms with E-state index in [0.717, 1.165) is 29.8 Å². The molecule has 2 amide bonds. The van der Waals surface area contributed by atoms with E-state index in [1.807, 2.05) is 39.6 Å². The first-order chi connectivity index (χ1) is 14.0. The lowest BCUT2D eigenvalue weighted by Gasteiger charge is -2.38. The van der Waals surface area contributed by atoms with Crippen LogP contribution in [0.1, 0.15) is 33.1 Å². The molecule has 0 aromatic carbocycles. The van der Waals surface area contributed by atoms with Gasteiger partial charge in [0.05, 0.1) is 10.9 Å². The number of piperidine rings is 1. The zero-order chi connectivity index (χ0) is 20.4. The average Bonchev–Trinajstić information content (AvgIpc) is 3.43. The minimum Gasteiger partial charge on any atom is -0.447 e. The Morgan fingerprint density at radius 2 is 2.10 bits per heavy atom. The van der Waals surface area contributed by atoms with Crippen molar-refractivity contribution in [2.45, 2.75) is 51.7 Å². The Labute approximate surface area is 175 Å². The van der Waals surface area contributed by atoms with E-state index in [1.165, 1.54) is 0 Å². The van der Waals surface area contributed by atoms with Crippen molar-refractivity contribution in [2.75, 3.05) is 19.7 Å². The van der Waals surface area contributed by atoms with Crippen LogP contribution in [0.2, 0.25) is 0 Å². The molecule has 2 aliphatic rings. The second-order valence-corrected chi connectivity index (χ2v) is 9.20. The minimum atomic E-state index is -0.196. The topological polar surface area (TPSA) is 67.7 Å². The van der Waals surface area contributed by atoms with E-state index in [0.29, 0.717) is 25.6 Å². The predicted octanol–water partition coefficient (Wildman–Crippen LogP) is 3.47. The first-order valence-corrected chi connectivity index (χ1v) is 11.2. The van der Waals surface area contributed by atoms with Gasteiger partial charge in [-0.2, -0.15) is 5.10 Å². The molecule has 0 spiro atoms. The van der Waals surface area contributed by atoms with Crippen molar-refractivity contribution < 1.29 is 14.3 Å². The van der Waals surface area contributed by atoms with Crippen LogP contribution < -0.4 is 0 Å². The molecule has 156 valence electrons. The third-order valence-corrected chi connectivity index (χ3v) is 6.56. The SMILES string of the molecule is CC(C)CC1COC(=O)N1C1CCN(C(=O)Cn2ccc(-c3cccs3)n2)CC1. The fraction of sp³-hybridized carbons (Fsp3) is 0.571. The second kappa shape index (κ2) is 8.57. The highest BCUT2D eigenvalue weighted by molar-refractivity contribution is 7.13. The van der Waals surface area contributed by atoms with Gasteiger partial charge in [-0.05, 0) is 42.7 Å². The molecule has 2 aliphatic heterocycles. The first kappa shape index (κ1) is 19.9. The monoisotopic (exact) mass is 416 g/mol. The van der Waals surface area contributed by atoms with Gasteiger partial charge >= 0.3 is 6.09 Å². The van der Waals surface area contributed by atoms with Gasteiger partial charge in [0.2, 0.25) is 5.91 Å². The molecule has 0 bridgehead atoms. The summed E-state index contributed by atoms with van der Waals surface area (Å²) in [6, 6.07) is 6.29. The second-order valence-electron chi connectivity index (χ2n) is 8.26. The molecule has 0 N–H and O–H groups in total. The molecule has 0 radical (unpaired) electrons. The molecule has 4 rings (SSSR count). The molecule has 2 fully saturated rings. The van der Waals surface area contributed by atoms with E-state index in [4.69, 9.17) is 4.74 Å². The Hall–Kier alpha value is -2.35. The van der Waals surface area contributed by atoms with Crippen molar-refractivity contribution >= 4 is 23.3 Å². The lowest BCUT2D eigenvalue weighted by molar-refractivity contribution is -0.133. The zero-order valence-corrected chi connectivity index (χ0v) is 17.8. The predicted molar refractivity (Wildman–Crippen MR) is 112 cm³/mol. The van der Waals surface area contributed by atoms with Crippen molar-refractivity contribution in [3.05, 3.63) is 29.8 Å². The number of nitrogens with zero attached hydrogens (tertiary/aromatic N) is 4. The van der Waals surface area contributed by atoms with Crippen molar-refractivity contribution in [1.29, 1.82) is 0 Å². The van der Waals surface area contributed by atoms with Crippen LogP contribution in [0.3, 0.4) is 0 Å². The van der Waals surface area contributed by atoms with Gasteiger partial charge in [0, 0.05) is 25.3 Å². The minimum absolute atomic E-state index is 0.0759. The highest BCUT2D eigenvalue weighted by Gasteiger charge is 2.39. The number of likely N-dealkylation sites (tertiary alicyclic amines) is 1. The quantitative estimate of drug-likeness (QED) is 0.723. The summed E-state index contributed by atoms with van der Waals surface area (Å²) in [6.45, 7) is 6.41. The fourth-order valence-electron chi connectivity index (χ4n) is 4.28. The van der Waals surface area contributed by atoms with E-state index in [2.05, 4.69) is 18.9 Å². The van der Waals surface area contributed by atoms with Gasteiger partial charge in [0.15, 0.2) is 0 Å². The normalized spacial score (nSPS) is 20.5. The molecular formula is C21H28N4O3S. The van der Waals surface area contributed by atoms with Crippen LogP contribution in [-0.4, -0.2) is 63.4 Å². The number of hydrogen-bond donors (Lipinski definition) is 0. The van der Waals surface area contributed by atoms with E-state index >= 15 is 0 Å². The standard InChI is InChI=1S/C21H28N4O3S/c1-15(2)12-17-14-28-21(27)25(17)16-5-8-23(9-6-16)20(26)13-24-10-7-18(22-24)19-4-3-11-29-19/h3-4,7,10-11,15-17H,5-6,8-9,12-14H2,1-2H3. The summed E-state index contributed by atoms with van der Waals surface area (Å²) in [4.78, 5) is 29.9. The van der Waals surface area contributed by atoms with Crippen molar-refractivity contribution in [3.8, 4) is 10.6 Å². The third-order valence-electron chi connectivity index (χ3n) is 5.67. The van der Waals surface area contributed by atoms with Crippen LogP contribution in [0, 0.1) is 5.92 Å². The van der Waals surface area contributed by atoms with Crippen LogP contribution >= 0.6 is 11.3 Å². The number of rotatable bonds is 6. The van der Waals surface area contributed by atoms with Gasteiger partial charge in [-0.1, -0.05) is 19.9 Å². The van der Waals surface area contributed by atoms with Crippen molar-refractivity contribution in [1.82, 2.24) is 19.6 Å². The fourth-order valence-corrected chi connectivity index (χ4v) is 4.97. The van der Waals surface area contributed by atoms with Crippen molar-refractivity contribution in [3.63, 3.8) is 0 Å². The number of ether oxygens (including phenoxy) is 1. The van der Waals surface area contributed by atoms with Gasteiger partial charge in [0.1, 0.15) is 18.8 Å². The molecule has 2 saturated heterocycles. The Kier molecular flexibility index (Phi) is 5.89. The molecule has 7 nitrogen and oxygen atoms in total. The molecule has 4 heterocycles. The molecule has 29 heavy (non-hydrogen) atoms. The number of amides is 2. The van der Waals surface area contributed by atoms with E-state index in [9.17, 15) is 9.59 Å². The maximum Gasteiger partial charge on any atom is 0.410 e. The Bertz CT molecular complexity index is 840. The Morgan fingerprint density at radius 1 is 1.31 bits per heavy atom. The van der Waals surface area contributed by atoms with Crippen LogP contribution in [0.15, 0.2) is 29.8 Å². The third kappa shape index (κ3) is 4.47. The van der Waals surface area contributed by atoms with Gasteiger partial charge in [0.25, 0.3) is 0 Å². The Morgan fingerprint density at radius 3 is 2.79 bits per heavy atom. The molecule has 1 atom stereocenters. The zero-order valence-electron chi connectivity index (χ0n) is 17.0. The summed E-state index contributed by atoms with van der Waals surface area (Å²) in [5.41, 5.74) is 0.898. The van der Waals surface area contributed by atoms with Gasteiger partial charge in [-0.25, -0.2) is 4.79 Å². The molecule has 2 aromatic heterocycles. The number of thiophene rings is 1. The lowest BCUT2D eigenvalue weighted by atomic mass is 9.98. The van der Waals surface area contributed by atoms with Crippen molar-refractivity contribution in [2.24, 2.45) is 5.92 Å². The van der Waals surface area contributed by atoms with Crippen LogP contribution in [0.4, 0.5) is 4.79 Å². The number of cyclic esters (lactones) is 1. The van der Waals surface area contributed by atoms with E-state index in [-0.39, 0.29) is 30.6 Å². The number of hydrogen-bond acceptors (Lipinski definition) is 5. The highest BCUT2D eigenvalue weighted by atomic mass is 32.1. The molecule has 8 heteroatoms. The maximum absolute atomic E-state index is 12.7. The van der Waals surface area contributed by atoms with Crippen LogP contribution in [-0.2, 0) is 16.1 Å². The van der Waals surface area contributed by atoms with E-state index < -0.39 is 0 Å². The summed E-state index contributed by atoms with van der Waals surface area (Å²) in [7, 11) is 0. The summed E-state index contributed by atoms with van der Waals surface area (Å²) in [5.74, 6) is 0.596. The maximum atomic E-state index is 12.7. The van der Waals surface area contributed by atoms with Crippen LogP contribution in [0.25, 0.3) is 10.6 Å². The summed E-state index contributed by atoms with van der Waals surface area (Å²) in [5, 5.41) is 6.54. The molecule has 0 aliphatic carbocycles. The number of carbonyl (C=O) groups excluding carboxylic acids is 2. The molecule has 2 aromatic rings. The molecule has 1 unspecified atom stereocenters. The Balaban J connectivity index is 1.31. The highest BCUT2D eigenvalue weighted by Crippen LogP contribution is 2.27. The largest absolute Gasteiger partial charge is 0.447 e. The van der Waals surface area contributed by atoms with E-state index in [1.54, 1.807) is 16.0 Å². The van der Waals surface area contributed by atoms with Crippen LogP contribution in [0.5, 0.6) is 0 Å². The summed E-state index contributed by atoms with van der Waals surface area (Å²) in [6.07, 6.45) is 4.22. The molecule has 0 saturated carbocycles. The lowest BCUT2D eigenvalue weighted by Crippen LogP contribution is -2.50. The summed E-state index contributed by atoms with van der Waals surface area (Å²) < 4.78 is 7.02. The average molecular weight is 417 g/mol. The van der Waals surface area contributed by atoms with Gasteiger partial charge < -0.3 is 9.64 Å². The van der Waals surface area contributed by atoms with Gasteiger partial charge in [-0.15, -0.1) is 11.3 Å². The summed E-state index contributed by atoms with van der Waals surface area (Å²) >= 11 is 1.64. The number of carbonyl (C=O) groups is 2.